The highest BCUT2D eigenvalue weighted by molar-refractivity contribution is 8.16. The molecule has 2 aliphatic rings. The Morgan fingerprint density at radius 2 is 1.79 bits per heavy atom. The minimum absolute atomic E-state index is 0.0263. The number of thioether (sulfide) groups is 1. The van der Waals surface area contributed by atoms with Gasteiger partial charge in [-0.2, -0.15) is 0 Å². The van der Waals surface area contributed by atoms with E-state index in [4.69, 9.17) is 9.47 Å². The Balaban J connectivity index is 1.66. The Bertz CT molecular complexity index is 1190. The molecule has 4 rings (SSSR count). The number of hydrogen-bond acceptors (Lipinski definition) is 7. The van der Waals surface area contributed by atoms with Gasteiger partial charge >= 0.3 is 5.97 Å². The smallest absolute Gasteiger partial charge is 0.338 e. The Kier molecular flexibility index (Phi) is 7.07. The molecule has 0 aliphatic carbocycles. The highest BCUT2D eigenvalue weighted by Gasteiger charge is 2.42. The third kappa shape index (κ3) is 4.59. The molecule has 0 spiro atoms. The summed E-state index contributed by atoms with van der Waals surface area (Å²) in [7, 11) is 4.76. The molecule has 0 fully saturated rings. The van der Waals surface area contributed by atoms with Gasteiger partial charge in [-0.15, -0.1) is 0 Å². The first kappa shape index (κ1) is 23.6. The number of ether oxygens (including phenoxy) is 2. The molecule has 0 aromatic heterocycles. The normalized spacial score (nSPS) is 17.1. The fraction of sp³-hybridized carbons (Fsp3) is 0.269. The molecule has 2 aromatic carbocycles. The molecular formula is C26H27N3O4S. The predicted molar refractivity (Wildman–Crippen MR) is 133 cm³/mol. The van der Waals surface area contributed by atoms with Crippen LogP contribution in [0.2, 0.25) is 0 Å². The number of allylic oxidation sites excluding steroid dienone is 1. The Morgan fingerprint density at radius 3 is 2.50 bits per heavy atom. The molecule has 8 heteroatoms. The lowest BCUT2D eigenvalue weighted by Crippen LogP contribution is -2.38. The van der Waals surface area contributed by atoms with Crippen LogP contribution in [0.15, 0.2) is 82.0 Å². The number of fused-ring (bicyclic) bond motifs is 1. The average molecular weight is 478 g/mol. The Hall–Kier alpha value is -3.52. The second-order valence-corrected chi connectivity index (χ2v) is 8.88. The fourth-order valence-electron chi connectivity index (χ4n) is 4.16. The molecule has 2 aliphatic heterocycles. The van der Waals surface area contributed by atoms with Gasteiger partial charge in [0.15, 0.2) is 5.17 Å². The summed E-state index contributed by atoms with van der Waals surface area (Å²) < 4.78 is 10.7. The van der Waals surface area contributed by atoms with E-state index in [9.17, 15) is 9.59 Å². The Labute approximate surface area is 203 Å². The monoisotopic (exact) mass is 477 g/mol. The summed E-state index contributed by atoms with van der Waals surface area (Å²) in [6.07, 6.45) is 0.175. The molecule has 7 nitrogen and oxygen atoms in total. The molecule has 0 bridgehead atoms. The number of aliphatic imine (C=N–C) groups is 1. The van der Waals surface area contributed by atoms with Gasteiger partial charge in [-0.3, -0.25) is 4.79 Å². The third-order valence-electron chi connectivity index (χ3n) is 5.86. The summed E-state index contributed by atoms with van der Waals surface area (Å²) in [5, 5.41) is 2.65. The van der Waals surface area contributed by atoms with Crippen molar-refractivity contribution in [3.63, 3.8) is 0 Å². The largest absolute Gasteiger partial charge is 0.496 e. The summed E-state index contributed by atoms with van der Waals surface area (Å²) in [6.45, 7) is 2.32. The lowest BCUT2D eigenvalue weighted by molar-refractivity contribution is -0.136. The summed E-state index contributed by atoms with van der Waals surface area (Å²) in [5.74, 6) is 0.160. The van der Waals surface area contributed by atoms with Crippen LogP contribution in [0.5, 0.6) is 5.75 Å². The van der Waals surface area contributed by atoms with E-state index in [-0.39, 0.29) is 12.3 Å². The first-order valence-electron chi connectivity index (χ1n) is 10.9. The fourth-order valence-corrected chi connectivity index (χ4v) is 5.13. The second kappa shape index (κ2) is 10.2. The van der Waals surface area contributed by atoms with Crippen LogP contribution < -0.4 is 4.74 Å². The molecule has 1 unspecified atom stereocenters. The molecule has 0 saturated carbocycles. The topological polar surface area (TPSA) is 71.4 Å². The lowest BCUT2D eigenvalue weighted by Gasteiger charge is -2.36. The van der Waals surface area contributed by atoms with Crippen molar-refractivity contribution in [2.24, 2.45) is 4.99 Å². The number of carbonyl (C=O) groups excluding carboxylic acids is 2. The van der Waals surface area contributed by atoms with Crippen LogP contribution in [0.1, 0.15) is 30.5 Å². The molecular weight excluding hydrogens is 450 g/mol. The van der Waals surface area contributed by atoms with Crippen molar-refractivity contribution >= 4 is 28.8 Å². The molecule has 0 radical (unpaired) electrons. The van der Waals surface area contributed by atoms with E-state index in [2.05, 4.69) is 4.99 Å². The molecule has 0 N–H and O–H groups in total. The summed E-state index contributed by atoms with van der Waals surface area (Å²) in [5.41, 5.74) is 3.65. The van der Waals surface area contributed by atoms with E-state index in [0.717, 1.165) is 22.0 Å². The zero-order valence-electron chi connectivity index (χ0n) is 19.6. The number of esters is 1. The first-order chi connectivity index (χ1) is 16.4. The van der Waals surface area contributed by atoms with Gasteiger partial charge in [0.2, 0.25) is 5.91 Å². The van der Waals surface area contributed by atoms with Gasteiger partial charge in [0, 0.05) is 24.9 Å². The summed E-state index contributed by atoms with van der Waals surface area (Å²) >= 11 is 1.45. The van der Waals surface area contributed by atoms with Crippen LogP contribution in [-0.2, 0) is 20.9 Å². The van der Waals surface area contributed by atoms with Gasteiger partial charge in [-0.25, -0.2) is 9.79 Å². The SMILES string of the molecule is COC(=O)C1=C(C)N=C2SC=C(CC(=O)N(C)Cc3ccccc3)N2C1c1ccccc1OC. The van der Waals surface area contributed by atoms with Crippen molar-refractivity contribution in [3.05, 3.63) is 88.1 Å². The third-order valence-corrected chi connectivity index (χ3v) is 6.75. The van der Waals surface area contributed by atoms with E-state index in [1.807, 2.05) is 64.9 Å². The van der Waals surface area contributed by atoms with E-state index in [1.165, 1.54) is 18.9 Å². The number of amidine groups is 1. The Morgan fingerprint density at radius 1 is 1.09 bits per heavy atom. The van der Waals surface area contributed by atoms with Crippen LogP contribution in [0, 0.1) is 0 Å². The molecule has 2 aromatic rings. The quantitative estimate of drug-likeness (QED) is 0.547. The van der Waals surface area contributed by atoms with Gasteiger partial charge in [0.1, 0.15) is 5.75 Å². The zero-order chi connectivity index (χ0) is 24.2. The van der Waals surface area contributed by atoms with Crippen LogP contribution in [0.3, 0.4) is 0 Å². The van der Waals surface area contributed by atoms with Crippen LogP contribution in [0.25, 0.3) is 0 Å². The minimum Gasteiger partial charge on any atom is -0.496 e. The van der Waals surface area contributed by atoms with Crippen LogP contribution in [0.4, 0.5) is 0 Å². The van der Waals surface area contributed by atoms with E-state index >= 15 is 0 Å². The van der Waals surface area contributed by atoms with Crippen LogP contribution in [-0.4, -0.2) is 48.1 Å². The van der Waals surface area contributed by atoms with Crippen molar-refractivity contribution in [1.82, 2.24) is 9.80 Å². The van der Waals surface area contributed by atoms with Crippen molar-refractivity contribution in [2.75, 3.05) is 21.3 Å². The maximum Gasteiger partial charge on any atom is 0.338 e. The number of amides is 1. The highest BCUT2D eigenvalue weighted by Crippen LogP contribution is 2.46. The second-order valence-electron chi connectivity index (χ2n) is 8.04. The van der Waals surface area contributed by atoms with E-state index in [1.54, 1.807) is 26.0 Å². The number of methoxy groups -OCH3 is 2. The number of para-hydroxylation sites is 1. The van der Waals surface area contributed by atoms with Crippen molar-refractivity contribution in [1.29, 1.82) is 0 Å². The highest BCUT2D eigenvalue weighted by atomic mass is 32.2. The maximum atomic E-state index is 13.2. The van der Waals surface area contributed by atoms with Gasteiger partial charge in [0.25, 0.3) is 0 Å². The van der Waals surface area contributed by atoms with Gasteiger partial charge in [0.05, 0.1) is 38.0 Å². The number of hydrogen-bond donors (Lipinski definition) is 0. The molecule has 1 atom stereocenters. The standard InChI is InChI=1S/C26H27N3O4S/c1-17-23(25(31)33-4)24(20-12-8-9-13-21(20)32-3)29-19(16-34-26(29)27-17)14-22(30)28(2)15-18-10-6-5-7-11-18/h5-13,16,24H,14-15H2,1-4H3. The van der Waals surface area contributed by atoms with Gasteiger partial charge < -0.3 is 19.3 Å². The van der Waals surface area contributed by atoms with Crippen molar-refractivity contribution < 1.29 is 19.1 Å². The van der Waals surface area contributed by atoms with Crippen molar-refractivity contribution in [2.45, 2.75) is 25.9 Å². The zero-order valence-corrected chi connectivity index (χ0v) is 20.5. The number of rotatable bonds is 7. The molecule has 176 valence electrons. The number of benzene rings is 2. The van der Waals surface area contributed by atoms with Crippen molar-refractivity contribution in [3.8, 4) is 5.75 Å². The van der Waals surface area contributed by atoms with Gasteiger partial charge in [-0.05, 0) is 24.0 Å². The minimum atomic E-state index is -0.524. The van der Waals surface area contributed by atoms with E-state index < -0.39 is 12.0 Å². The number of carbonyl (C=O) groups is 2. The molecule has 1 amide bonds. The lowest BCUT2D eigenvalue weighted by atomic mass is 9.93. The first-order valence-corrected chi connectivity index (χ1v) is 11.8. The molecule has 34 heavy (non-hydrogen) atoms. The predicted octanol–water partition coefficient (Wildman–Crippen LogP) is 4.49. The average Bonchev–Trinajstić information content (AvgIpc) is 3.25. The molecule has 0 saturated heterocycles. The maximum absolute atomic E-state index is 13.2. The van der Waals surface area contributed by atoms with Crippen LogP contribution >= 0.6 is 11.8 Å². The summed E-state index contributed by atoms with van der Waals surface area (Å²) in [4.78, 5) is 34.4. The molecule has 2 heterocycles. The number of nitrogens with zero attached hydrogens (tertiary/aromatic N) is 3. The van der Waals surface area contributed by atoms with Gasteiger partial charge in [-0.1, -0.05) is 60.3 Å². The summed E-state index contributed by atoms with van der Waals surface area (Å²) in [6, 6.07) is 16.9. The van der Waals surface area contributed by atoms with E-state index in [0.29, 0.717) is 23.6 Å².